The van der Waals surface area contributed by atoms with E-state index in [0.29, 0.717) is 25.9 Å². The summed E-state index contributed by atoms with van der Waals surface area (Å²) in [6, 6.07) is 15.6. The molecule has 22 heavy (non-hydrogen) atoms. The van der Waals surface area contributed by atoms with E-state index < -0.39 is 0 Å². The minimum absolute atomic E-state index is 0.00980. The highest BCUT2D eigenvalue weighted by atomic mass is 16.5. The van der Waals surface area contributed by atoms with Crippen molar-refractivity contribution >= 4 is 5.91 Å². The molecule has 4 heteroatoms. The molecule has 0 aliphatic rings. The SMILES string of the molecule is Cc1ccc(Oc2ccccc2CNC(=O)CCCN)cc1. The second kappa shape index (κ2) is 8.20. The first kappa shape index (κ1) is 16.0. The van der Waals surface area contributed by atoms with Gasteiger partial charge in [0, 0.05) is 18.5 Å². The molecule has 0 bridgehead atoms. The van der Waals surface area contributed by atoms with E-state index in [1.54, 1.807) is 0 Å². The van der Waals surface area contributed by atoms with Gasteiger partial charge in [0.2, 0.25) is 5.91 Å². The van der Waals surface area contributed by atoms with Gasteiger partial charge in [-0.25, -0.2) is 0 Å². The van der Waals surface area contributed by atoms with Gasteiger partial charge < -0.3 is 15.8 Å². The maximum Gasteiger partial charge on any atom is 0.220 e. The Morgan fingerprint density at radius 3 is 2.59 bits per heavy atom. The number of nitrogens with two attached hydrogens (primary N) is 1. The average molecular weight is 298 g/mol. The molecule has 2 aromatic carbocycles. The fraction of sp³-hybridized carbons (Fsp3) is 0.278. The van der Waals surface area contributed by atoms with Crippen LogP contribution < -0.4 is 15.8 Å². The molecule has 2 aromatic rings. The van der Waals surface area contributed by atoms with Crippen LogP contribution in [0.25, 0.3) is 0 Å². The first-order chi connectivity index (χ1) is 10.7. The molecule has 3 N–H and O–H groups in total. The van der Waals surface area contributed by atoms with Crippen molar-refractivity contribution in [2.45, 2.75) is 26.3 Å². The van der Waals surface area contributed by atoms with Gasteiger partial charge in [-0.2, -0.15) is 0 Å². The lowest BCUT2D eigenvalue weighted by molar-refractivity contribution is -0.121. The van der Waals surface area contributed by atoms with E-state index in [4.69, 9.17) is 10.5 Å². The Balaban J connectivity index is 2.00. The van der Waals surface area contributed by atoms with Gasteiger partial charge in [-0.1, -0.05) is 35.9 Å². The lowest BCUT2D eigenvalue weighted by Gasteiger charge is -2.12. The number of nitrogens with one attached hydrogen (secondary N) is 1. The minimum atomic E-state index is 0.00980. The first-order valence-corrected chi connectivity index (χ1v) is 7.48. The van der Waals surface area contributed by atoms with Crippen LogP contribution in [0.5, 0.6) is 11.5 Å². The summed E-state index contributed by atoms with van der Waals surface area (Å²) in [6.45, 7) is 3.01. The largest absolute Gasteiger partial charge is 0.457 e. The molecule has 0 aromatic heterocycles. The number of rotatable bonds is 7. The lowest BCUT2D eigenvalue weighted by Crippen LogP contribution is -2.23. The summed E-state index contributed by atoms with van der Waals surface area (Å²) in [5.74, 6) is 1.55. The van der Waals surface area contributed by atoms with E-state index in [2.05, 4.69) is 5.32 Å². The number of amides is 1. The van der Waals surface area contributed by atoms with E-state index in [-0.39, 0.29) is 5.91 Å². The Morgan fingerprint density at radius 1 is 1.14 bits per heavy atom. The molecule has 0 unspecified atom stereocenters. The molecule has 4 nitrogen and oxygen atoms in total. The van der Waals surface area contributed by atoms with Crippen molar-refractivity contribution < 1.29 is 9.53 Å². The fourth-order valence-electron chi connectivity index (χ4n) is 2.03. The van der Waals surface area contributed by atoms with Gasteiger partial charge >= 0.3 is 0 Å². The molecule has 2 rings (SSSR count). The Labute approximate surface area is 131 Å². The topological polar surface area (TPSA) is 64.3 Å². The molecular formula is C18H22N2O2. The predicted molar refractivity (Wildman–Crippen MR) is 87.8 cm³/mol. The monoisotopic (exact) mass is 298 g/mol. The van der Waals surface area contributed by atoms with Crippen molar-refractivity contribution in [3.63, 3.8) is 0 Å². The van der Waals surface area contributed by atoms with Crippen molar-refractivity contribution in [2.24, 2.45) is 5.73 Å². The normalized spacial score (nSPS) is 10.3. The molecule has 0 aliphatic heterocycles. The molecular weight excluding hydrogens is 276 g/mol. The maximum atomic E-state index is 11.7. The number of ether oxygens (including phenoxy) is 1. The Kier molecular flexibility index (Phi) is 5.98. The van der Waals surface area contributed by atoms with E-state index in [0.717, 1.165) is 17.1 Å². The molecule has 0 spiro atoms. The van der Waals surface area contributed by atoms with Gasteiger partial charge in [0.05, 0.1) is 0 Å². The highest BCUT2D eigenvalue weighted by Gasteiger charge is 2.06. The quantitative estimate of drug-likeness (QED) is 0.825. The zero-order chi connectivity index (χ0) is 15.8. The van der Waals surface area contributed by atoms with Crippen molar-refractivity contribution in [2.75, 3.05) is 6.54 Å². The molecule has 0 saturated carbocycles. The Morgan fingerprint density at radius 2 is 1.86 bits per heavy atom. The van der Waals surface area contributed by atoms with Gasteiger partial charge in [0.15, 0.2) is 0 Å². The van der Waals surface area contributed by atoms with Gasteiger partial charge in [-0.05, 0) is 38.1 Å². The highest BCUT2D eigenvalue weighted by molar-refractivity contribution is 5.75. The summed E-state index contributed by atoms with van der Waals surface area (Å²) in [4.78, 5) is 11.7. The van der Waals surface area contributed by atoms with Crippen molar-refractivity contribution in [3.8, 4) is 11.5 Å². The van der Waals surface area contributed by atoms with Gasteiger partial charge in [0.25, 0.3) is 0 Å². The molecule has 0 aliphatic carbocycles. The third-order valence-electron chi connectivity index (χ3n) is 3.31. The van der Waals surface area contributed by atoms with Gasteiger partial charge in [-0.3, -0.25) is 4.79 Å². The average Bonchev–Trinajstić information content (AvgIpc) is 2.54. The van der Waals surface area contributed by atoms with Crippen LogP contribution in [0.1, 0.15) is 24.0 Å². The van der Waals surface area contributed by atoms with Crippen LogP contribution in [0.2, 0.25) is 0 Å². The van der Waals surface area contributed by atoms with E-state index in [1.165, 1.54) is 5.56 Å². The second-order valence-electron chi connectivity index (χ2n) is 5.19. The molecule has 0 atom stereocenters. The van der Waals surface area contributed by atoms with Crippen molar-refractivity contribution in [1.29, 1.82) is 0 Å². The summed E-state index contributed by atoms with van der Waals surface area (Å²) in [5.41, 5.74) is 7.54. The summed E-state index contributed by atoms with van der Waals surface area (Å²) in [7, 11) is 0. The first-order valence-electron chi connectivity index (χ1n) is 7.48. The molecule has 0 fully saturated rings. The number of benzene rings is 2. The van der Waals surface area contributed by atoms with Gasteiger partial charge in [0.1, 0.15) is 11.5 Å². The summed E-state index contributed by atoms with van der Waals surface area (Å²) in [5, 5.41) is 2.89. The van der Waals surface area contributed by atoms with Crippen LogP contribution in [0.15, 0.2) is 48.5 Å². The van der Waals surface area contributed by atoms with E-state index >= 15 is 0 Å². The number of hydrogen-bond acceptors (Lipinski definition) is 3. The Bertz CT molecular complexity index is 609. The van der Waals surface area contributed by atoms with Crippen LogP contribution in [0.4, 0.5) is 0 Å². The standard InChI is InChI=1S/C18H22N2O2/c1-14-8-10-16(11-9-14)22-17-6-3-2-5-15(17)13-20-18(21)7-4-12-19/h2-3,5-6,8-11H,4,7,12-13,19H2,1H3,(H,20,21). The number of carbonyl (C=O) groups is 1. The predicted octanol–water partition coefficient (Wildman–Crippen LogP) is 3.14. The number of hydrogen-bond donors (Lipinski definition) is 2. The van der Waals surface area contributed by atoms with Crippen molar-refractivity contribution in [1.82, 2.24) is 5.32 Å². The fourth-order valence-corrected chi connectivity index (χ4v) is 2.03. The second-order valence-corrected chi connectivity index (χ2v) is 5.19. The summed E-state index contributed by atoms with van der Waals surface area (Å²) < 4.78 is 5.91. The molecule has 0 saturated heterocycles. The zero-order valence-corrected chi connectivity index (χ0v) is 12.8. The van der Waals surface area contributed by atoms with Crippen LogP contribution in [0.3, 0.4) is 0 Å². The highest BCUT2D eigenvalue weighted by Crippen LogP contribution is 2.25. The molecule has 116 valence electrons. The molecule has 1 amide bonds. The number of carbonyl (C=O) groups excluding carboxylic acids is 1. The van der Waals surface area contributed by atoms with Crippen LogP contribution >= 0.6 is 0 Å². The lowest BCUT2D eigenvalue weighted by atomic mass is 10.2. The smallest absolute Gasteiger partial charge is 0.220 e. The third kappa shape index (κ3) is 4.90. The maximum absolute atomic E-state index is 11.7. The van der Waals surface area contributed by atoms with Crippen LogP contribution in [-0.4, -0.2) is 12.5 Å². The van der Waals surface area contributed by atoms with Crippen LogP contribution in [0, 0.1) is 6.92 Å². The van der Waals surface area contributed by atoms with E-state index in [1.807, 2.05) is 55.5 Å². The van der Waals surface area contributed by atoms with Crippen molar-refractivity contribution in [3.05, 3.63) is 59.7 Å². The zero-order valence-electron chi connectivity index (χ0n) is 12.8. The number of para-hydroxylation sites is 1. The van der Waals surface area contributed by atoms with Crippen LogP contribution in [-0.2, 0) is 11.3 Å². The minimum Gasteiger partial charge on any atom is -0.457 e. The van der Waals surface area contributed by atoms with Gasteiger partial charge in [-0.15, -0.1) is 0 Å². The van der Waals surface area contributed by atoms with E-state index in [9.17, 15) is 4.79 Å². The number of aryl methyl sites for hydroxylation is 1. The summed E-state index contributed by atoms with van der Waals surface area (Å²) >= 11 is 0. The molecule has 0 radical (unpaired) electrons. The Hall–Kier alpha value is -2.33. The third-order valence-corrected chi connectivity index (χ3v) is 3.31. The summed E-state index contributed by atoms with van der Waals surface area (Å²) in [6.07, 6.45) is 1.16. The molecule has 0 heterocycles.